The molecule has 1 aromatic carbocycles. The van der Waals surface area contributed by atoms with E-state index in [4.69, 9.17) is 4.74 Å². The Balaban J connectivity index is 2.73. The normalized spacial score (nSPS) is 11.9. The van der Waals surface area contributed by atoms with E-state index in [9.17, 15) is 4.79 Å². The van der Waals surface area contributed by atoms with E-state index in [0.29, 0.717) is 19.6 Å². The molecule has 114 valence electrons. The van der Waals surface area contributed by atoms with Crippen LogP contribution in [0.15, 0.2) is 55.6 Å². The molecule has 1 unspecified atom stereocenters. The summed E-state index contributed by atoms with van der Waals surface area (Å²) in [6, 6.07) is 9.96. The van der Waals surface area contributed by atoms with Crippen molar-refractivity contribution < 1.29 is 9.53 Å². The third-order valence-electron chi connectivity index (χ3n) is 3.28. The Bertz CT molecular complexity index is 442. The smallest absolute Gasteiger partial charge is 0.323 e. The maximum Gasteiger partial charge on any atom is 0.323 e. The second-order valence-corrected chi connectivity index (χ2v) is 4.81. The Labute approximate surface area is 127 Å². The molecule has 1 aromatic rings. The number of benzene rings is 1. The number of nitrogens with zero attached hydrogens (tertiary/aromatic N) is 1. The molecule has 0 aromatic heterocycles. The Kier molecular flexibility index (Phi) is 8.14. The largest absolute Gasteiger partial charge is 0.465 e. The van der Waals surface area contributed by atoms with E-state index < -0.39 is 0 Å². The van der Waals surface area contributed by atoms with Gasteiger partial charge in [0.1, 0.15) is 6.04 Å². The highest BCUT2D eigenvalue weighted by atomic mass is 16.5. The molecule has 0 saturated heterocycles. The van der Waals surface area contributed by atoms with Crippen molar-refractivity contribution in [3.63, 3.8) is 0 Å². The van der Waals surface area contributed by atoms with Crippen LogP contribution in [0.3, 0.4) is 0 Å². The molecular weight excluding hydrogens is 262 g/mol. The number of esters is 1. The van der Waals surface area contributed by atoms with Gasteiger partial charge in [0, 0.05) is 13.1 Å². The standard InChI is InChI=1S/C18H25NO2/c1-4-10-17(18(20)21-6-3)19(14-5-2)15-13-16-11-8-7-9-12-16/h4-5,7-9,11-12,17H,1-2,6,10,13-15H2,3H3. The second-order valence-electron chi connectivity index (χ2n) is 4.81. The summed E-state index contributed by atoms with van der Waals surface area (Å²) in [5.41, 5.74) is 1.26. The van der Waals surface area contributed by atoms with Crippen LogP contribution >= 0.6 is 0 Å². The highest BCUT2D eigenvalue weighted by Crippen LogP contribution is 2.10. The molecule has 0 fully saturated rings. The zero-order chi connectivity index (χ0) is 15.5. The Morgan fingerprint density at radius 2 is 2.00 bits per heavy atom. The van der Waals surface area contributed by atoms with Crippen molar-refractivity contribution in [2.75, 3.05) is 19.7 Å². The minimum absolute atomic E-state index is 0.188. The maximum absolute atomic E-state index is 12.1. The minimum Gasteiger partial charge on any atom is -0.465 e. The predicted molar refractivity (Wildman–Crippen MR) is 87.2 cm³/mol. The van der Waals surface area contributed by atoms with E-state index in [1.54, 1.807) is 6.08 Å². The highest BCUT2D eigenvalue weighted by Gasteiger charge is 2.24. The molecule has 0 radical (unpaired) electrons. The molecule has 0 heterocycles. The first-order valence-electron chi connectivity index (χ1n) is 7.39. The quantitative estimate of drug-likeness (QED) is 0.489. The van der Waals surface area contributed by atoms with Gasteiger partial charge in [0.15, 0.2) is 0 Å². The van der Waals surface area contributed by atoms with Crippen LogP contribution in [-0.2, 0) is 16.0 Å². The fourth-order valence-electron chi connectivity index (χ4n) is 2.25. The van der Waals surface area contributed by atoms with Gasteiger partial charge in [-0.15, -0.1) is 13.2 Å². The van der Waals surface area contributed by atoms with Gasteiger partial charge in [-0.3, -0.25) is 9.69 Å². The number of hydrogen-bond donors (Lipinski definition) is 0. The van der Waals surface area contributed by atoms with Crippen molar-refractivity contribution in [3.8, 4) is 0 Å². The lowest BCUT2D eigenvalue weighted by atomic mass is 10.1. The number of ether oxygens (including phenoxy) is 1. The number of hydrogen-bond acceptors (Lipinski definition) is 3. The Hall–Kier alpha value is -1.87. The van der Waals surface area contributed by atoms with Gasteiger partial charge in [0.05, 0.1) is 6.61 Å². The topological polar surface area (TPSA) is 29.5 Å². The zero-order valence-electron chi connectivity index (χ0n) is 12.8. The van der Waals surface area contributed by atoms with Crippen molar-refractivity contribution in [3.05, 3.63) is 61.2 Å². The lowest BCUT2D eigenvalue weighted by molar-refractivity contribution is -0.149. The van der Waals surface area contributed by atoms with E-state index in [1.165, 1.54) is 5.56 Å². The average Bonchev–Trinajstić information content (AvgIpc) is 2.50. The summed E-state index contributed by atoms with van der Waals surface area (Å²) >= 11 is 0. The average molecular weight is 287 g/mol. The van der Waals surface area contributed by atoms with E-state index >= 15 is 0 Å². The predicted octanol–water partition coefficient (Wildman–Crippen LogP) is 3.22. The molecule has 0 aliphatic carbocycles. The molecule has 1 rings (SSSR count). The first-order chi connectivity index (χ1) is 10.2. The SMILES string of the molecule is C=CCC(C(=O)OCC)N(CC=C)CCc1ccccc1. The van der Waals surface area contributed by atoms with E-state index in [0.717, 1.165) is 13.0 Å². The lowest BCUT2D eigenvalue weighted by Gasteiger charge is -2.28. The van der Waals surface area contributed by atoms with Crippen molar-refractivity contribution >= 4 is 5.97 Å². The van der Waals surface area contributed by atoms with Crippen LogP contribution in [0.25, 0.3) is 0 Å². The molecule has 0 aliphatic heterocycles. The Morgan fingerprint density at radius 1 is 1.29 bits per heavy atom. The third-order valence-corrected chi connectivity index (χ3v) is 3.28. The van der Waals surface area contributed by atoms with Crippen LogP contribution in [0.2, 0.25) is 0 Å². The molecule has 0 spiro atoms. The van der Waals surface area contributed by atoms with Gasteiger partial charge in [0.25, 0.3) is 0 Å². The molecule has 0 bridgehead atoms. The molecule has 0 aliphatic rings. The fourth-order valence-corrected chi connectivity index (χ4v) is 2.25. The van der Waals surface area contributed by atoms with Crippen LogP contribution in [-0.4, -0.2) is 36.6 Å². The lowest BCUT2D eigenvalue weighted by Crippen LogP contribution is -2.43. The van der Waals surface area contributed by atoms with Gasteiger partial charge in [0.2, 0.25) is 0 Å². The van der Waals surface area contributed by atoms with E-state index in [2.05, 4.69) is 30.2 Å². The molecule has 0 amide bonds. The molecular formula is C18H25NO2. The van der Waals surface area contributed by atoms with Crippen LogP contribution in [0.1, 0.15) is 18.9 Å². The van der Waals surface area contributed by atoms with Crippen LogP contribution in [0, 0.1) is 0 Å². The van der Waals surface area contributed by atoms with Gasteiger partial charge < -0.3 is 4.74 Å². The van der Waals surface area contributed by atoms with E-state index in [1.807, 2.05) is 31.2 Å². The van der Waals surface area contributed by atoms with E-state index in [-0.39, 0.29) is 12.0 Å². The molecule has 0 N–H and O–H groups in total. The van der Waals surface area contributed by atoms with Crippen molar-refractivity contribution in [2.45, 2.75) is 25.8 Å². The summed E-state index contributed by atoms with van der Waals surface area (Å²) in [4.78, 5) is 14.2. The second kappa shape index (κ2) is 9.94. The van der Waals surface area contributed by atoms with Crippen LogP contribution < -0.4 is 0 Å². The number of carbonyl (C=O) groups is 1. The molecule has 3 heteroatoms. The van der Waals surface area contributed by atoms with Crippen molar-refractivity contribution in [2.24, 2.45) is 0 Å². The molecule has 0 saturated carbocycles. The zero-order valence-corrected chi connectivity index (χ0v) is 12.8. The minimum atomic E-state index is -0.288. The fraction of sp³-hybridized carbons (Fsp3) is 0.389. The Morgan fingerprint density at radius 3 is 2.57 bits per heavy atom. The van der Waals surface area contributed by atoms with Crippen LogP contribution in [0.4, 0.5) is 0 Å². The van der Waals surface area contributed by atoms with Gasteiger partial charge >= 0.3 is 5.97 Å². The summed E-state index contributed by atoms with van der Waals surface area (Å²) in [5.74, 6) is -0.188. The summed E-state index contributed by atoms with van der Waals surface area (Å²) < 4.78 is 5.17. The van der Waals surface area contributed by atoms with Gasteiger partial charge in [-0.1, -0.05) is 42.5 Å². The summed E-state index contributed by atoms with van der Waals surface area (Å²) in [7, 11) is 0. The first-order valence-corrected chi connectivity index (χ1v) is 7.39. The van der Waals surface area contributed by atoms with Crippen LogP contribution in [0.5, 0.6) is 0 Å². The van der Waals surface area contributed by atoms with Gasteiger partial charge in [-0.05, 0) is 25.3 Å². The number of carbonyl (C=O) groups excluding carboxylic acids is 1. The highest BCUT2D eigenvalue weighted by molar-refractivity contribution is 5.76. The monoisotopic (exact) mass is 287 g/mol. The number of rotatable bonds is 10. The molecule has 1 atom stereocenters. The first kappa shape index (κ1) is 17.2. The van der Waals surface area contributed by atoms with Gasteiger partial charge in [-0.25, -0.2) is 0 Å². The van der Waals surface area contributed by atoms with Gasteiger partial charge in [-0.2, -0.15) is 0 Å². The van der Waals surface area contributed by atoms with Crippen molar-refractivity contribution in [1.82, 2.24) is 4.90 Å². The summed E-state index contributed by atoms with van der Waals surface area (Å²) in [6.45, 7) is 11.2. The molecule has 3 nitrogen and oxygen atoms in total. The third kappa shape index (κ3) is 5.96. The summed E-state index contributed by atoms with van der Waals surface area (Å²) in [6.07, 6.45) is 5.06. The summed E-state index contributed by atoms with van der Waals surface area (Å²) in [5, 5.41) is 0. The maximum atomic E-state index is 12.1. The van der Waals surface area contributed by atoms with Crippen molar-refractivity contribution in [1.29, 1.82) is 0 Å². The molecule has 21 heavy (non-hydrogen) atoms.